The van der Waals surface area contributed by atoms with Gasteiger partial charge in [0.1, 0.15) is 0 Å². The molecule has 3 N–H and O–H groups in total. The Bertz CT molecular complexity index is 1160. The number of thiazole rings is 1. The molecule has 1 amide bonds. The van der Waals surface area contributed by atoms with Crippen molar-refractivity contribution >= 4 is 38.5 Å². The number of rotatable bonds is 7. The van der Waals surface area contributed by atoms with Gasteiger partial charge in [0.25, 0.3) is 0 Å². The summed E-state index contributed by atoms with van der Waals surface area (Å²) in [4.78, 5) is 18.6. The fourth-order valence-corrected chi connectivity index (χ4v) is 5.63. The summed E-state index contributed by atoms with van der Waals surface area (Å²) in [5, 5.41) is 19.1. The maximum Gasteiger partial charge on any atom is 0.250 e. The van der Waals surface area contributed by atoms with Crippen molar-refractivity contribution in [2.24, 2.45) is 11.3 Å². The van der Waals surface area contributed by atoms with Crippen LogP contribution in [-0.2, 0) is 22.3 Å². The Balaban J connectivity index is 1.67. The lowest BCUT2D eigenvalue weighted by Crippen LogP contribution is -2.41. The number of likely N-dealkylation sites (tertiary alicyclic amines) is 1. The highest BCUT2D eigenvalue weighted by molar-refractivity contribution is 7.79. The Hall–Kier alpha value is -2.31. The van der Waals surface area contributed by atoms with Gasteiger partial charge in [-0.25, -0.2) is 10.5 Å². The first kappa shape index (κ1) is 25.3. The molecule has 1 saturated heterocycles. The van der Waals surface area contributed by atoms with Gasteiger partial charge in [-0.15, -0.1) is 11.3 Å². The van der Waals surface area contributed by atoms with E-state index in [0.717, 1.165) is 33.8 Å². The maximum absolute atomic E-state index is 12.0. The van der Waals surface area contributed by atoms with Gasteiger partial charge in [0.15, 0.2) is 0 Å². The third-order valence-electron chi connectivity index (χ3n) is 5.85. The van der Waals surface area contributed by atoms with Crippen molar-refractivity contribution in [3.05, 3.63) is 28.8 Å². The highest BCUT2D eigenvalue weighted by atomic mass is 32.2. The van der Waals surface area contributed by atoms with Crippen LogP contribution in [0.15, 0.2) is 18.2 Å². The lowest BCUT2D eigenvalue weighted by Gasteiger charge is -2.27. The van der Waals surface area contributed by atoms with Crippen molar-refractivity contribution in [2.45, 2.75) is 32.2 Å². The molecule has 2 heterocycles. The second-order valence-corrected chi connectivity index (χ2v) is 10.5. The van der Waals surface area contributed by atoms with E-state index >= 15 is 0 Å². The van der Waals surface area contributed by atoms with Gasteiger partial charge in [-0.1, -0.05) is 22.9 Å². The van der Waals surface area contributed by atoms with Gasteiger partial charge in [0.05, 0.1) is 27.2 Å². The maximum atomic E-state index is 12.0. The number of carbonyl (C=O) groups excluding carboxylic acids is 1. The molecular formula is C23H26N3O5S2-. The van der Waals surface area contributed by atoms with Gasteiger partial charge in [0.2, 0.25) is 5.91 Å². The molecule has 10 heteroatoms. The monoisotopic (exact) mass is 488 g/mol. The Morgan fingerprint density at radius 2 is 2.24 bits per heavy atom. The fourth-order valence-electron chi connectivity index (χ4n) is 3.83. The van der Waals surface area contributed by atoms with Crippen LogP contribution in [0.3, 0.4) is 0 Å². The number of fused-ring (bicyclic) bond motifs is 1. The predicted octanol–water partition coefficient (Wildman–Crippen LogP) is 1.29. The molecule has 0 radical (unpaired) electrons. The van der Waals surface area contributed by atoms with Crippen LogP contribution in [0, 0.1) is 35.0 Å². The SMILES string of the molecule is CN1C[C@@H](C#CC#Cc2ccc3nc(CC[C@@](C)(CS(=O)[O-])C(=O)NO)sc3c2)C[C@@H]1CO. The molecule has 0 spiro atoms. The lowest BCUT2D eigenvalue weighted by atomic mass is 9.87. The van der Waals surface area contributed by atoms with Crippen molar-refractivity contribution in [1.82, 2.24) is 15.4 Å². The minimum Gasteiger partial charge on any atom is -0.772 e. The average Bonchev–Trinajstić information content (AvgIpc) is 3.36. The van der Waals surface area contributed by atoms with Gasteiger partial charge >= 0.3 is 0 Å². The first-order valence-electron chi connectivity index (χ1n) is 10.5. The number of aryl methyl sites for hydroxylation is 1. The second-order valence-electron chi connectivity index (χ2n) is 8.47. The number of hydrogen-bond donors (Lipinski definition) is 3. The van der Waals surface area contributed by atoms with E-state index in [0.29, 0.717) is 6.42 Å². The van der Waals surface area contributed by atoms with Crippen LogP contribution in [0.4, 0.5) is 0 Å². The van der Waals surface area contributed by atoms with Gasteiger partial charge < -0.3 is 9.66 Å². The summed E-state index contributed by atoms with van der Waals surface area (Å²) < 4.78 is 23.2. The zero-order chi connectivity index (χ0) is 24.0. The number of carbonyl (C=O) groups is 1. The smallest absolute Gasteiger partial charge is 0.250 e. The number of hydrogen-bond acceptors (Lipinski definition) is 8. The molecule has 3 rings (SSSR count). The Kier molecular flexibility index (Phi) is 8.60. The molecule has 0 aliphatic carbocycles. The normalized spacial score (nSPS) is 20.9. The number of nitrogens with zero attached hydrogens (tertiary/aromatic N) is 2. The van der Waals surface area contributed by atoms with Gasteiger partial charge in [-0.2, -0.15) is 0 Å². The third kappa shape index (κ3) is 6.61. The zero-order valence-corrected chi connectivity index (χ0v) is 20.1. The molecule has 0 bridgehead atoms. The van der Waals surface area contributed by atoms with Crippen molar-refractivity contribution < 1.29 is 23.9 Å². The average molecular weight is 489 g/mol. The van der Waals surface area contributed by atoms with Crippen molar-refractivity contribution in [3.63, 3.8) is 0 Å². The highest BCUT2D eigenvalue weighted by Gasteiger charge is 2.33. The van der Waals surface area contributed by atoms with E-state index < -0.39 is 22.4 Å². The molecule has 1 aromatic carbocycles. The molecule has 8 nitrogen and oxygen atoms in total. The predicted molar refractivity (Wildman–Crippen MR) is 126 cm³/mol. The summed E-state index contributed by atoms with van der Waals surface area (Å²) in [6.07, 6.45) is 1.47. The summed E-state index contributed by atoms with van der Waals surface area (Å²) in [5.74, 6) is 11.1. The minimum atomic E-state index is -2.42. The summed E-state index contributed by atoms with van der Waals surface area (Å²) in [6.45, 7) is 2.48. The summed E-state index contributed by atoms with van der Waals surface area (Å²) in [5.41, 5.74) is 1.93. The fraction of sp³-hybridized carbons (Fsp3) is 0.478. The van der Waals surface area contributed by atoms with Crippen molar-refractivity contribution in [1.29, 1.82) is 0 Å². The van der Waals surface area contributed by atoms with E-state index in [1.54, 1.807) is 5.48 Å². The van der Waals surface area contributed by atoms with Gasteiger partial charge in [0, 0.05) is 36.2 Å². The Morgan fingerprint density at radius 3 is 2.91 bits per heavy atom. The molecule has 2 aromatic rings. The number of aromatic nitrogens is 1. The van der Waals surface area contributed by atoms with Gasteiger partial charge in [-0.05, 0) is 56.9 Å². The van der Waals surface area contributed by atoms with Crippen LogP contribution in [0.5, 0.6) is 0 Å². The number of benzene rings is 1. The van der Waals surface area contributed by atoms with Crippen LogP contribution in [0.25, 0.3) is 10.2 Å². The van der Waals surface area contributed by atoms with E-state index in [9.17, 15) is 18.7 Å². The van der Waals surface area contributed by atoms with E-state index in [4.69, 9.17) is 5.21 Å². The molecule has 0 saturated carbocycles. The number of nitrogens with one attached hydrogen (secondary N) is 1. The molecular weight excluding hydrogens is 462 g/mol. The molecule has 4 atom stereocenters. The molecule has 176 valence electrons. The van der Waals surface area contributed by atoms with Crippen LogP contribution in [0.2, 0.25) is 0 Å². The standard InChI is InChI=1S/C23H27N3O5S2/c1-23(15-33(30)31,22(28)25-29)10-9-21-24-19-8-7-16(12-20(19)32-21)5-3-4-6-17-11-18(14-27)26(2)13-17/h7-8,12,17-18,27,29H,9-11,13-15H2,1-2H3,(H,25,28)(H,30,31)/p-1/t17-,18+,23-/m0/s1. The molecule has 1 aliphatic heterocycles. The molecule has 1 aromatic heterocycles. The zero-order valence-electron chi connectivity index (χ0n) is 18.5. The lowest BCUT2D eigenvalue weighted by molar-refractivity contribution is -0.138. The number of hydroxylamine groups is 1. The van der Waals surface area contributed by atoms with Crippen LogP contribution in [0.1, 0.15) is 30.3 Å². The Morgan fingerprint density at radius 1 is 1.45 bits per heavy atom. The van der Waals surface area contributed by atoms with Crippen LogP contribution in [-0.4, -0.2) is 66.9 Å². The highest BCUT2D eigenvalue weighted by Crippen LogP contribution is 2.29. The second kappa shape index (κ2) is 11.2. The molecule has 1 fully saturated rings. The van der Waals surface area contributed by atoms with E-state index in [-0.39, 0.29) is 30.7 Å². The number of amides is 1. The number of likely N-dealkylation sites (N-methyl/N-ethyl adjacent to an activating group) is 1. The summed E-state index contributed by atoms with van der Waals surface area (Å²) >= 11 is -0.961. The number of aliphatic hydroxyl groups excluding tert-OH is 1. The summed E-state index contributed by atoms with van der Waals surface area (Å²) in [7, 11) is 1.99. The third-order valence-corrected chi connectivity index (χ3v) is 7.80. The van der Waals surface area contributed by atoms with E-state index in [2.05, 4.69) is 33.6 Å². The van der Waals surface area contributed by atoms with Crippen molar-refractivity contribution in [2.75, 3.05) is 26.0 Å². The number of aliphatic hydroxyl groups is 1. The van der Waals surface area contributed by atoms with E-state index in [1.165, 1.54) is 18.3 Å². The largest absolute Gasteiger partial charge is 0.772 e. The van der Waals surface area contributed by atoms with E-state index in [1.807, 2.05) is 25.2 Å². The summed E-state index contributed by atoms with van der Waals surface area (Å²) in [6, 6.07) is 5.84. The first-order valence-corrected chi connectivity index (χ1v) is 12.5. The van der Waals surface area contributed by atoms with Gasteiger partial charge in [-0.3, -0.25) is 19.1 Å². The topological polar surface area (TPSA) is 126 Å². The van der Waals surface area contributed by atoms with Crippen LogP contribution < -0.4 is 5.48 Å². The molecule has 1 aliphatic rings. The van der Waals surface area contributed by atoms with Crippen molar-refractivity contribution in [3.8, 4) is 23.7 Å². The first-order chi connectivity index (χ1) is 15.7. The van der Waals surface area contributed by atoms with Crippen LogP contribution >= 0.6 is 11.3 Å². The quantitative estimate of drug-likeness (QED) is 0.232. The Labute approximate surface area is 199 Å². The molecule has 33 heavy (non-hydrogen) atoms. The minimum absolute atomic E-state index is 0.142. The molecule has 1 unspecified atom stereocenters.